The van der Waals surface area contributed by atoms with Crippen LogP contribution in [0.4, 0.5) is 10.1 Å². The number of aromatic nitrogens is 3. The fraction of sp³-hybridized carbons (Fsp3) is 0.409. The normalized spacial score (nSPS) is 18.5. The van der Waals surface area contributed by atoms with Gasteiger partial charge in [-0.1, -0.05) is 6.07 Å². The number of nitrogens with two attached hydrogens (primary N) is 1. The van der Waals surface area contributed by atoms with E-state index in [0.717, 1.165) is 17.7 Å². The van der Waals surface area contributed by atoms with Crippen molar-refractivity contribution < 1.29 is 9.18 Å². The van der Waals surface area contributed by atoms with Crippen molar-refractivity contribution in [3.63, 3.8) is 0 Å². The molecule has 0 bridgehead atoms. The van der Waals surface area contributed by atoms with Gasteiger partial charge in [0.2, 0.25) is 0 Å². The van der Waals surface area contributed by atoms with E-state index in [0.29, 0.717) is 41.1 Å². The van der Waals surface area contributed by atoms with Crippen molar-refractivity contribution in [3.05, 3.63) is 41.5 Å². The second-order valence-electron chi connectivity index (χ2n) is 8.71. The largest absolute Gasteiger partial charge is 0.368 e. The molecule has 3 heterocycles. The first-order valence-corrected chi connectivity index (χ1v) is 10.1. The van der Waals surface area contributed by atoms with Crippen LogP contribution in [0.3, 0.4) is 0 Å². The fourth-order valence-electron chi connectivity index (χ4n) is 3.97. The van der Waals surface area contributed by atoms with Gasteiger partial charge in [-0.3, -0.25) is 9.78 Å². The minimum absolute atomic E-state index is 0. The SMILES string of the molecule is Cc1ccc(F)c2[nH]c(-c3cncc(C(=O)NC(C)C)c3N3CC[C@](C)(N)C3)nc12.S. The van der Waals surface area contributed by atoms with Crippen LogP contribution in [0.1, 0.15) is 43.1 Å². The number of rotatable bonds is 4. The zero-order valence-electron chi connectivity index (χ0n) is 18.2. The van der Waals surface area contributed by atoms with E-state index in [-0.39, 0.29) is 36.8 Å². The van der Waals surface area contributed by atoms with E-state index in [4.69, 9.17) is 5.73 Å². The first-order valence-electron chi connectivity index (χ1n) is 10.1. The lowest BCUT2D eigenvalue weighted by Gasteiger charge is -2.26. The smallest absolute Gasteiger partial charge is 0.255 e. The molecule has 0 unspecified atom stereocenters. The Kier molecular flexibility index (Phi) is 6.29. The minimum atomic E-state index is -0.367. The lowest BCUT2D eigenvalue weighted by atomic mass is 10.0. The molecule has 1 atom stereocenters. The number of hydrogen-bond acceptors (Lipinski definition) is 5. The summed E-state index contributed by atoms with van der Waals surface area (Å²) in [5.41, 5.74) is 9.62. The summed E-state index contributed by atoms with van der Waals surface area (Å²) in [7, 11) is 0. The third-order valence-corrected chi connectivity index (χ3v) is 5.45. The Labute approximate surface area is 188 Å². The molecular weight excluding hydrogens is 415 g/mol. The number of halogens is 1. The number of carbonyl (C=O) groups excluding carboxylic acids is 1. The Morgan fingerprint density at radius 2 is 2.10 bits per heavy atom. The van der Waals surface area contributed by atoms with E-state index < -0.39 is 0 Å². The molecule has 1 aliphatic heterocycles. The standard InChI is InChI=1S/C22H27FN6O.H2S/c1-12(2)26-21(30)15-10-25-9-14(19(15)29-8-7-22(4,24)11-29)20-27-17-13(3)5-6-16(23)18(17)28-20;/h5-6,9-10,12H,7-8,11,24H2,1-4H3,(H,26,30)(H,27,28);1H2/t22-;/m0./s1. The van der Waals surface area contributed by atoms with Crippen molar-refractivity contribution in [2.24, 2.45) is 5.73 Å². The number of pyridine rings is 1. The quantitative estimate of drug-likeness (QED) is 0.574. The molecule has 0 saturated carbocycles. The van der Waals surface area contributed by atoms with Crippen LogP contribution in [0.25, 0.3) is 22.4 Å². The first-order chi connectivity index (χ1) is 14.2. The Morgan fingerprint density at radius 1 is 1.35 bits per heavy atom. The Hall–Kier alpha value is -2.65. The van der Waals surface area contributed by atoms with E-state index in [1.165, 1.54) is 6.07 Å². The summed E-state index contributed by atoms with van der Waals surface area (Å²) in [4.78, 5) is 27.1. The number of amides is 1. The van der Waals surface area contributed by atoms with Gasteiger partial charge in [-0.15, -0.1) is 0 Å². The Morgan fingerprint density at radius 3 is 2.71 bits per heavy atom. The van der Waals surface area contributed by atoms with Crippen LogP contribution < -0.4 is 16.0 Å². The molecule has 1 fully saturated rings. The monoisotopic (exact) mass is 444 g/mol. The number of benzene rings is 1. The number of aromatic amines is 1. The van der Waals surface area contributed by atoms with Gasteiger partial charge in [0.25, 0.3) is 5.91 Å². The predicted molar refractivity (Wildman–Crippen MR) is 126 cm³/mol. The van der Waals surface area contributed by atoms with Crippen molar-refractivity contribution in [1.82, 2.24) is 20.3 Å². The lowest BCUT2D eigenvalue weighted by Crippen LogP contribution is -2.40. The summed E-state index contributed by atoms with van der Waals surface area (Å²) in [6, 6.07) is 3.11. The molecule has 31 heavy (non-hydrogen) atoms. The van der Waals surface area contributed by atoms with Crippen LogP contribution >= 0.6 is 13.5 Å². The van der Waals surface area contributed by atoms with E-state index in [1.54, 1.807) is 18.5 Å². The third kappa shape index (κ3) is 4.38. The van der Waals surface area contributed by atoms with Gasteiger partial charge in [0.15, 0.2) is 0 Å². The molecule has 4 N–H and O–H groups in total. The Bertz CT molecular complexity index is 1090. The molecular formula is C22H29FN6OS. The van der Waals surface area contributed by atoms with Gasteiger partial charge in [0.1, 0.15) is 17.2 Å². The number of nitrogens with zero attached hydrogens (tertiary/aromatic N) is 3. The second kappa shape index (κ2) is 8.47. The van der Waals surface area contributed by atoms with Crippen molar-refractivity contribution in [1.29, 1.82) is 0 Å². The summed E-state index contributed by atoms with van der Waals surface area (Å²) in [5.74, 6) is -0.0998. The molecule has 9 heteroatoms. The highest BCUT2D eigenvalue weighted by atomic mass is 32.1. The predicted octanol–water partition coefficient (Wildman–Crippen LogP) is 3.25. The van der Waals surface area contributed by atoms with Crippen LogP contribution in [0.2, 0.25) is 0 Å². The number of imidazole rings is 1. The average molecular weight is 445 g/mol. The van der Waals surface area contributed by atoms with Gasteiger partial charge in [-0.05, 0) is 45.7 Å². The molecule has 0 spiro atoms. The van der Waals surface area contributed by atoms with Crippen LogP contribution in [-0.4, -0.2) is 45.5 Å². The maximum atomic E-state index is 14.4. The van der Waals surface area contributed by atoms with Gasteiger partial charge >= 0.3 is 0 Å². The highest BCUT2D eigenvalue weighted by molar-refractivity contribution is 7.59. The third-order valence-electron chi connectivity index (χ3n) is 5.45. The van der Waals surface area contributed by atoms with Gasteiger partial charge in [0.05, 0.1) is 22.3 Å². The van der Waals surface area contributed by atoms with E-state index in [9.17, 15) is 9.18 Å². The zero-order valence-corrected chi connectivity index (χ0v) is 19.2. The van der Waals surface area contributed by atoms with Gasteiger partial charge in [-0.25, -0.2) is 9.37 Å². The van der Waals surface area contributed by atoms with E-state index in [1.807, 2.05) is 27.7 Å². The number of fused-ring (bicyclic) bond motifs is 1. The van der Waals surface area contributed by atoms with Crippen LogP contribution in [0.15, 0.2) is 24.5 Å². The highest BCUT2D eigenvalue weighted by Crippen LogP contribution is 2.37. The molecule has 0 aliphatic carbocycles. The average Bonchev–Trinajstić information content (AvgIpc) is 3.28. The van der Waals surface area contributed by atoms with Crippen molar-refractivity contribution >= 4 is 36.1 Å². The van der Waals surface area contributed by atoms with E-state index in [2.05, 4.69) is 25.2 Å². The molecule has 2 aromatic heterocycles. The lowest BCUT2D eigenvalue weighted by molar-refractivity contribution is 0.0943. The summed E-state index contributed by atoms with van der Waals surface area (Å²) < 4.78 is 14.4. The number of carbonyl (C=O) groups is 1. The van der Waals surface area contributed by atoms with Crippen LogP contribution in [-0.2, 0) is 0 Å². The second-order valence-corrected chi connectivity index (χ2v) is 8.71. The summed E-state index contributed by atoms with van der Waals surface area (Å²) in [6.07, 6.45) is 4.03. The molecule has 3 aromatic rings. The molecule has 1 saturated heterocycles. The molecule has 166 valence electrons. The molecule has 1 aromatic carbocycles. The molecule has 4 rings (SSSR count). The number of nitrogens with one attached hydrogen (secondary N) is 2. The topological polar surface area (TPSA) is 99.9 Å². The summed E-state index contributed by atoms with van der Waals surface area (Å²) >= 11 is 0. The van der Waals surface area contributed by atoms with E-state index >= 15 is 0 Å². The van der Waals surface area contributed by atoms with Crippen LogP contribution in [0.5, 0.6) is 0 Å². The minimum Gasteiger partial charge on any atom is -0.368 e. The molecule has 1 aliphatic rings. The molecule has 1 amide bonds. The van der Waals surface area contributed by atoms with Gasteiger partial charge in [-0.2, -0.15) is 13.5 Å². The van der Waals surface area contributed by atoms with Crippen molar-refractivity contribution in [3.8, 4) is 11.4 Å². The van der Waals surface area contributed by atoms with Gasteiger partial charge < -0.3 is 20.9 Å². The molecule has 0 radical (unpaired) electrons. The Balaban J connectivity index is 0.00000272. The fourth-order valence-corrected chi connectivity index (χ4v) is 3.97. The summed E-state index contributed by atoms with van der Waals surface area (Å²) in [5, 5.41) is 2.94. The number of H-pyrrole nitrogens is 1. The van der Waals surface area contributed by atoms with Gasteiger partial charge in [0, 0.05) is 37.1 Å². The molecule has 7 nitrogen and oxygen atoms in total. The van der Waals surface area contributed by atoms with Crippen molar-refractivity contribution in [2.45, 2.75) is 45.7 Å². The maximum absolute atomic E-state index is 14.4. The maximum Gasteiger partial charge on any atom is 0.255 e. The first kappa shape index (κ1) is 23.0. The number of hydrogen-bond donors (Lipinski definition) is 3. The van der Waals surface area contributed by atoms with Crippen LogP contribution in [0, 0.1) is 12.7 Å². The summed E-state index contributed by atoms with van der Waals surface area (Å²) in [6.45, 7) is 9.01. The van der Waals surface area contributed by atoms with Crippen molar-refractivity contribution in [2.75, 3.05) is 18.0 Å². The number of aryl methyl sites for hydroxylation is 1. The zero-order chi connectivity index (χ0) is 21.6. The highest BCUT2D eigenvalue weighted by Gasteiger charge is 2.34. The number of anilines is 1.